The lowest BCUT2D eigenvalue weighted by Gasteiger charge is -2.03. The molecule has 0 aromatic heterocycles. The number of guanidine groups is 1. The Bertz CT molecular complexity index is 418. The van der Waals surface area contributed by atoms with Crippen LogP contribution in [0.5, 0.6) is 0 Å². The molecule has 0 aliphatic heterocycles. The molecule has 0 aromatic rings. The van der Waals surface area contributed by atoms with Crippen molar-refractivity contribution in [2.75, 3.05) is 6.54 Å². The van der Waals surface area contributed by atoms with Gasteiger partial charge in [0.25, 0.3) is 5.78 Å². The van der Waals surface area contributed by atoms with Crippen molar-refractivity contribution in [3.05, 3.63) is 0 Å². The molecule has 0 saturated heterocycles. The van der Waals surface area contributed by atoms with Crippen molar-refractivity contribution in [1.82, 2.24) is 0 Å². The van der Waals surface area contributed by atoms with E-state index in [4.69, 9.17) is 32.5 Å². The average Bonchev–Trinajstić information content (AvgIpc) is 2.33. The van der Waals surface area contributed by atoms with Crippen LogP contribution in [0.25, 0.3) is 0 Å². The number of hydrogen-bond acceptors (Lipinski definition) is 6. The number of nitrogens with zero attached hydrogens (tertiary/aromatic N) is 1. The summed E-state index contributed by atoms with van der Waals surface area (Å²) in [4.78, 5) is 43.1. The van der Waals surface area contributed by atoms with Crippen molar-refractivity contribution in [3.8, 4) is 0 Å². The highest BCUT2D eigenvalue weighted by Crippen LogP contribution is 1.94. The summed E-state index contributed by atoms with van der Waals surface area (Å²) >= 11 is 0. The highest BCUT2D eigenvalue weighted by molar-refractivity contribution is 6.35. The van der Waals surface area contributed by atoms with E-state index in [0.29, 0.717) is 19.4 Å². The molecule has 9 N–H and O–H groups in total. The zero-order valence-electron chi connectivity index (χ0n) is 11.1. The number of aliphatic imine (C=N–C) groups is 1. The zero-order chi connectivity index (χ0) is 17.0. The minimum atomic E-state index is -1.71. The lowest BCUT2D eigenvalue weighted by molar-refractivity contribution is -0.152. The molecule has 120 valence electrons. The van der Waals surface area contributed by atoms with Crippen LogP contribution in [0.15, 0.2) is 4.99 Å². The largest absolute Gasteiger partial charge is 0.481 e. The van der Waals surface area contributed by atoms with Gasteiger partial charge >= 0.3 is 17.9 Å². The van der Waals surface area contributed by atoms with E-state index in [2.05, 4.69) is 4.99 Å². The molecule has 0 radical (unpaired) electrons. The van der Waals surface area contributed by atoms with E-state index in [1.165, 1.54) is 0 Å². The maximum absolute atomic E-state index is 10.2. The van der Waals surface area contributed by atoms with Gasteiger partial charge in [-0.15, -0.1) is 0 Å². The van der Waals surface area contributed by atoms with E-state index in [9.17, 15) is 19.2 Å². The fraction of sp³-hybridized carbons (Fsp3) is 0.500. The first-order valence-electron chi connectivity index (χ1n) is 5.59. The molecule has 0 bridgehead atoms. The standard InChI is InChI=1S/C6H14N4O2.C4H4O5/c7-4(5(11)12)2-1-3-10-6(8)9;5-2(4(8)9)1-3(6)7/h4H,1-3,7H2,(H,11,12)(H4,8,9,10);1H2,(H,6,7)(H,8,9)/t4-;/m0./s1. The Labute approximate surface area is 119 Å². The van der Waals surface area contributed by atoms with Crippen LogP contribution < -0.4 is 17.2 Å². The van der Waals surface area contributed by atoms with Crippen LogP contribution in [-0.2, 0) is 19.2 Å². The van der Waals surface area contributed by atoms with E-state index in [1.54, 1.807) is 0 Å². The lowest BCUT2D eigenvalue weighted by Crippen LogP contribution is -2.30. The Morgan fingerprint density at radius 3 is 1.86 bits per heavy atom. The first-order valence-corrected chi connectivity index (χ1v) is 5.59. The summed E-state index contributed by atoms with van der Waals surface area (Å²) in [7, 11) is 0. The van der Waals surface area contributed by atoms with Gasteiger partial charge < -0.3 is 32.5 Å². The van der Waals surface area contributed by atoms with E-state index >= 15 is 0 Å². The zero-order valence-corrected chi connectivity index (χ0v) is 11.1. The third-order valence-electron chi connectivity index (χ3n) is 1.84. The van der Waals surface area contributed by atoms with Crippen LogP contribution in [0.3, 0.4) is 0 Å². The minimum Gasteiger partial charge on any atom is -0.481 e. The minimum absolute atomic E-state index is 0.0129. The number of Topliss-reactive ketones (excluding diaryl/α,β-unsaturated/α-hetero) is 1. The van der Waals surface area contributed by atoms with Gasteiger partial charge in [0.2, 0.25) is 0 Å². The molecule has 0 aromatic carbocycles. The van der Waals surface area contributed by atoms with Crippen molar-refractivity contribution >= 4 is 29.7 Å². The summed E-state index contributed by atoms with van der Waals surface area (Å²) in [5, 5.41) is 24.0. The molecule has 0 fully saturated rings. The molecule has 0 aliphatic rings. The molecule has 0 unspecified atom stereocenters. The topological polar surface area (TPSA) is 219 Å². The van der Waals surface area contributed by atoms with Gasteiger partial charge in [0.1, 0.15) is 12.5 Å². The van der Waals surface area contributed by atoms with Crippen molar-refractivity contribution in [3.63, 3.8) is 0 Å². The van der Waals surface area contributed by atoms with Gasteiger partial charge in [-0.2, -0.15) is 0 Å². The van der Waals surface area contributed by atoms with Gasteiger partial charge in [0.15, 0.2) is 5.96 Å². The number of ketones is 1. The normalized spacial score (nSPS) is 10.5. The molecule has 11 heteroatoms. The molecule has 0 saturated carbocycles. The summed E-state index contributed by atoms with van der Waals surface area (Å²) < 4.78 is 0. The second-order valence-electron chi connectivity index (χ2n) is 3.69. The van der Waals surface area contributed by atoms with E-state index in [1.807, 2.05) is 0 Å². The average molecular weight is 306 g/mol. The first-order chi connectivity index (χ1) is 9.57. The van der Waals surface area contributed by atoms with Gasteiger partial charge in [-0.3, -0.25) is 19.4 Å². The summed E-state index contributed by atoms with van der Waals surface area (Å²) in [6.07, 6.45) is 0.00676. The smallest absolute Gasteiger partial charge is 0.372 e. The van der Waals surface area contributed by atoms with E-state index < -0.39 is 36.2 Å². The van der Waals surface area contributed by atoms with E-state index in [-0.39, 0.29) is 5.96 Å². The molecule has 0 amide bonds. The van der Waals surface area contributed by atoms with Gasteiger partial charge in [-0.05, 0) is 12.8 Å². The maximum Gasteiger partial charge on any atom is 0.372 e. The number of aliphatic carboxylic acids is 3. The number of rotatable bonds is 8. The molecular weight excluding hydrogens is 288 g/mol. The monoisotopic (exact) mass is 306 g/mol. The van der Waals surface area contributed by atoms with Crippen molar-refractivity contribution in [1.29, 1.82) is 0 Å². The SMILES string of the molecule is NC(N)=NCCC[C@H](N)C(=O)O.O=C(O)CC(=O)C(=O)O. The maximum atomic E-state index is 10.2. The molecule has 21 heavy (non-hydrogen) atoms. The molecule has 0 heterocycles. The highest BCUT2D eigenvalue weighted by Gasteiger charge is 2.14. The Hall–Kier alpha value is -2.69. The predicted octanol–water partition coefficient (Wildman–Crippen LogP) is -2.43. The third kappa shape index (κ3) is 15.3. The quantitative estimate of drug-likeness (QED) is 0.0914. The van der Waals surface area contributed by atoms with Crippen LogP contribution >= 0.6 is 0 Å². The summed E-state index contributed by atoms with van der Waals surface area (Å²) in [5.74, 6) is -5.43. The van der Waals surface area contributed by atoms with Gasteiger partial charge in [0.05, 0.1) is 0 Å². The van der Waals surface area contributed by atoms with Crippen molar-refractivity contribution in [2.24, 2.45) is 22.2 Å². The second-order valence-corrected chi connectivity index (χ2v) is 3.69. The number of hydrogen-bond donors (Lipinski definition) is 6. The van der Waals surface area contributed by atoms with Gasteiger partial charge in [-0.25, -0.2) is 4.79 Å². The number of nitrogens with two attached hydrogens (primary N) is 3. The highest BCUT2D eigenvalue weighted by atomic mass is 16.4. The van der Waals surface area contributed by atoms with Crippen molar-refractivity contribution in [2.45, 2.75) is 25.3 Å². The van der Waals surface area contributed by atoms with Crippen LogP contribution in [0.4, 0.5) is 0 Å². The van der Waals surface area contributed by atoms with E-state index in [0.717, 1.165) is 0 Å². The predicted molar refractivity (Wildman–Crippen MR) is 70.4 cm³/mol. The lowest BCUT2D eigenvalue weighted by atomic mass is 10.2. The fourth-order valence-corrected chi connectivity index (χ4v) is 0.856. The Balaban J connectivity index is 0. The van der Waals surface area contributed by atoms with Crippen LogP contribution in [0, 0.1) is 0 Å². The third-order valence-corrected chi connectivity index (χ3v) is 1.84. The number of carboxylic acid groups (broad SMARTS) is 3. The molecule has 0 aliphatic carbocycles. The molecule has 0 spiro atoms. The Morgan fingerprint density at radius 2 is 1.57 bits per heavy atom. The number of carboxylic acids is 3. The van der Waals surface area contributed by atoms with Crippen LogP contribution in [-0.4, -0.2) is 57.6 Å². The molecule has 0 rings (SSSR count). The summed E-state index contributed by atoms with van der Waals surface area (Å²) in [6.45, 7) is 0.420. The number of carbonyl (C=O) groups is 4. The molecule has 1 atom stereocenters. The molecular formula is C10H18N4O7. The molecule has 11 nitrogen and oxygen atoms in total. The fourth-order valence-electron chi connectivity index (χ4n) is 0.856. The van der Waals surface area contributed by atoms with Crippen LogP contribution in [0.2, 0.25) is 0 Å². The van der Waals surface area contributed by atoms with Crippen molar-refractivity contribution < 1.29 is 34.5 Å². The number of carbonyl (C=O) groups excluding carboxylic acids is 1. The Morgan fingerprint density at radius 1 is 1.05 bits per heavy atom. The van der Waals surface area contributed by atoms with Crippen LogP contribution in [0.1, 0.15) is 19.3 Å². The Kier molecular flexibility index (Phi) is 11.0. The second kappa shape index (κ2) is 11.2. The van der Waals surface area contributed by atoms with Gasteiger partial charge in [-0.1, -0.05) is 0 Å². The summed E-state index contributed by atoms with van der Waals surface area (Å²) in [6, 6.07) is -0.820. The first kappa shape index (κ1) is 20.6. The van der Waals surface area contributed by atoms with Gasteiger partial charge in [0, 0.05) is 6.54 Å². The summed E-state index contributed by atoms with van der Waals surface area (Å²) in [5.41, 5.74) is 15.3.